The first-order valence-electron chi connectivity index (χ1n) is 5.53. The molecule has 0 spiro atoms. The Morgan fingerprint density at radius 2 is 2.20 bits per heavy atom. The van der Waals surface area contributed by atoms with E-state index in [0.29, 0.717) is 0 Å². The predicted molar refractivity (Wildman–Crippen MR) is 70.8 cm³/mol. The lowest BCUT2D eigenvalue weighted by atomic mass is 10.1. The fraction of sp³-hybridized carbons (Fsp3) is 0.500. The van der Waals surface area contributed by atoms with Crippen LogP contribution in [0, 0.1) is 0 Å². The second-order valence-corrected chi connectivity index (χ2v) is 5.96. The molecular formula is C12H17NS2. The third-order valence-electron chi connectivity index (χ3n) is 2.64. The van der Waals surface area contributed by atoms with Crippen molar-refractivity contribution in [2.45, 2.75) is 38.6 Å². The quantitative estimate of drug-likeness (QED) is 0.761. The second kappa shape index (κ2) is 5.10. The average Bonchev–Trinajstić information content (AvgIpc) is 2.76. The van der Waals surface area contributed by atoms with E-state index in [1.54, 1.807) is 0 Å². The van der Waals surface area contributed by atoms with Crippen molar-refractivity contribution in [1.29, 1.82) is 0 Å². The monoisotopic (exact) mass is 239 g/mol. The number of unbranched alkanes of at least 4 members (excludes halogenated alkanes) is 2. The fourth-order valence-electron chi connectivity index (χ4n) is 1.72. The van der Waals surface area contributed by atoms with Crippen molar-refractivity contribution in [3.8, 4) is 0 Å². The minimum Gasteiger partial charge on any atom is -0.323 e. The highest BCUT2D eigenvalue weighted by Crippen LogP contribution is 2.33. The average molecular weight is 239 g/mol. The molecule has 1 unspecified atom stereocenters. The van der Waals surface area contributed by atoms with Gasteiger partial charge in [-0.05, 0) is 23.9 Å². The fourth-order valence-corrected chi connectivity index (χ4v) is 3.88. The smallest absolute Gasteiger partial charge is 0.0454 e. The van der Waals surface area contributed by atoms with E-state index in [2.05, 4.69) is 24.4 Å². The Kier molecular flexibility index (Phi) is 3.78. The number of hydrogen-bond acceptors (Lipinski definition) is 3. The molecule has 0 saturated carbocycles. The summed E-state index contributed by atoms with van der Waals surface area (Å²) < 4.78 is 2.78. The topological polar surface area (TPSA) is 26.0 Å². The van der Waals surface area contributed by atoms with Crippen LogP contribution in [-0.4, -0.2) is 0 Å². The Morgan fingerprint density at radius 1 is 1.33 bits per heavy atom. The summed E-state index contributed by atoms with van der Waals surface area (Å²) in [5.74, 6) is 0. The zero-order valence-electron chi connectivity index (χ0n) is 9.03. The van der Waals surface area contributed by atoms with E-state index in [1.165, 1.54) is 33.5 Å². The van der Waals surface area contributed by atoms with Gasteiger partial charge in [-0.1, -0.05) is 26.2 Å². The molecule has 82 valence electrons. The maximum atomic E-state index is 6.17. The Morgan fingerprint density at radius 3 is 2.93 bits per heavy atom. The lowest BCUT2D eigenvalue weighted by Gasteiger charge is -2.07. The zero-order chi connectivity index (χ0) is 10.7. The van der Waals surface area contributed by atoms with E-state index in [-0.39, 0.29) is 6.04 Å². The van der Waals surface area contributed by atoms with Gasteiger partial charge in [0.15, 0.2) is 0 Å². The van der Waals surface area contributed by atoms with Crippen LogP contribution in [-0.2, 0) is 0 Å². The largest absolute Gasteiger partial charge is 0.323 e. The molecule has 2 aromatic heterocycles. The standard InChI is InChI=1S/C12H17NS2/c1-2-3-4-5-9(13)11-8-12-10(15-11)6-7-14-12/h6-9H,2-5,13H2,1H3. The highest BCUT2D eigenvalue weighted by molar-refractivity contribution is 7.26. The molecule has 1 atom stereocenters. The van der Waals surface area contributed by atoms with E-state index >= 15 is 0 Å². The van der Waals surface area contributed by atoms with Crippen LogP contribution in [0.4, 0.5) is 0 Å². The molecule has 3 heteroatoms. The summed E-state index contributed by atoms with van der Waals surface area (Å²) in [4.78, 5) is 1.35. The van der Waals surface area contributed by atoms with E-state index in [9.17, 15) is 0 Å². The van der Waals surface area contributed by atoms with E-state index < -0.39 is 0 Å². The molecule has 1 nitrogen and oxygen atoms in total. The lowest BCUT2D eigenvalue weighted by molar-refractivity contribution is 0.588. The van der Waals surface area contributed by atoms with Gasteiger partial charge >= 0.3 is 0 Å². The summed E-state index contributed by atoms with van der Waals surface area (Å²) in [7, 11) is 0. The maximum absolute atomic E-state index is 6.17. The van der Waals surface area contributed by atoms with Gasteiger partial charge < -0.3 is 5.73 Å². The van der Waals surface area contributed by atoms with Crippen LogP contribution >= 0.6 is 22.7 Å². The van der Waals surface area contributed by atoms with Crippen molar-refractivity contribution >= 4 is 32.1 Å². The van der Waals surface area contributed by atoms with Crippen LogP contribution in [0.5, 0.6) is 0 Å². The first kappa shape index (κ1) is 11.1. The number of rotatable bonds is 5. The molecular weight excluding hydrogens is 222 g/mol. The summed E-state index contributed by atoms with van der Waals surface area (Å²) >= 11 is 3.66. The Bertz CT molecular complexity index is 387. The maximum Gasteiger partial charge on any atom is 0.0454 e. The molecule has 0 saturated heterocycles. The van der Waals surface area contributed by atoms with Crippen molar-refractivity contribution < 1.29 is 0 Å². The number of fused-ring (bicyclic) bond motifs is 1. The predicted octanol–water partition coefficient (Wildman–Crippen LogP) is 4.54. The van der Waals surface area contributed by atoms with Gasteiger partial charge in [0.2, 0.25) is 0 Å². The van der Waals surface area contributed by atoms with Crippen LogP contribution in [0.1, 0.15) is 43.5 Å². The van der Waals surface area contributed by atoms with E-state index in [1.807, 2.05) is 22.7 Å². The van der Waals surface area contributed by atoms with Gasteiger partial charge in [0, 0.05) is 20.3 Å². The Labute approximate surface area is 98.9 Å². The van der Waals surface area contributed by atoms with Crippen LogP contribution in [0.2, 0.25) is 0 Å². The Hall–Kier alpha value is -0.380. The van der Waals surface area contributed by atoms with Gasteiger partial charge in [0.1, 0.15) is 0 Å². The van der Waals surface area contributed by atoms with Crippen molar-refractivity contribution in [2.75, 3.05) is 0 Å². The first-order chi connectivity index (χ1) is 7.31. The minimum atomic E-state index is 0.251. The molecule has 2 rings (SSSR count). The molecule has 2 aromatic rings. The summed E-state index contributed by atoms with van der Waals surface area (Å²) in [6, 6.07) is 4.70. The highest BCUT2D eigenvalue weighted by Gasteiger charge is 2.10. The molecule has 0 amide bonds. The highest BCUT2D eigenvalue weighted by atomic mass is 32.1. The zero-order valence-corrected chi connectivity index (χ0v) is 10.7. The SMILES string of the molecule is CCCCCC(N)c1cc2sccc2s1. The molecule has 2 N–H and O–H groups in total. The molecule has 0 aliphatic carbocycles. The van der Waals surface area contributed by atoms with Crippen molar-refractivity contribution in [2.24, 2.45) is 5.73 Å². The minimum absolute atomic E-state index is 0.251. The van der Waals surface area contributed by atoms with E-state index in [4.69, 9.17) is 5.73 Å². The third-order valence-corrected chi connectivity index (χ3v) is 4.87. The molecule has 0 aliphatic rings. The van der Waals surface area contributed by atoms with Crippen molar-refractivity contribution in [1.82, 2.24) is 0 Å². The van der Waals surface area contributed by atoms with E-state index in [0.717, 1.165) is 6.42 Å². The van der Waals surface area contributed by atoms with Crippen molar-refractivity contribution in [3.63, 3.8) is 0 Å². The molecule has 0 bridgehead atoms. The summed E-state index contributed by atoms with van der Waals surface area (Å²) in [6.07, 6.45) is 4.95. The molecule has 0 aromatic carbocycles. The third kappa shape index (κ3) is 2.60. The number of nitrogens with two attached hydrogens (primary N) is 1. The van der Waals surface area contributed by atoms with Crippen LogP contribution in [0.25, 0.3) is 9.40 Å². The van der Waals surface area contributed by atoms with Gasteiger partial charge in [-0.3, -0.25) is 0 Å². The van der Waals surface area contributed by atoms with Gasteiger partial charge in [0.25, 0.3) is 0 Å². The molecule has 0 fully saturated rings. The van der Waals surface area contributed by atoms with Crippen molar-refractivity contribution in [3.05, 3.63) is 22.4 Å². The first-order valence-corrected chi connectivity index (χ1v) is 7.23. The van der Waals surface area contributed by atoms with Gasteiger partial charge in [-0.25, -0.2) is 0 Å². The summed E-state index contributed by atoms with van der Waals surface area (Å²) in [6.45, 7) is 2.23. The van der Waals surface area contributed by atoms with Gasteiger partial charge in [-0.15, -0.1) is 22.7 Å². The lowest BCUT2D eigenvalue weighted by Crippen LogP contribution is -2.07. The van der Waals surface area contributed by atoms with Crippen LogP contribution < -0.4 is 5.73 Å². The molecule has 0 radical (unpaired) electrons. The normalized spacial score (nSPS) is 13.5. The number of hydrogen-bond donors (Lipinski definition) is 1. The molecule has 2 heterocycles. The van der Waals surface area contributed by atoms with Gasteiger partial charge in [0.05, 0.1) is 0 Å². The van der Waals surface area contributed by atoms with Gasteiger partial charge in [-0.2, -0.15) is 0 Å². The summed E-state index contributed by atoms with van der Waals surface area (Å²) in [5.41, 5.74) is 6.17. The number of thiophene rings is 2. The second-order valence-electron chi connectivity index (χ2n) is 3.90. The van der Waals surface area contributed by atoms with Crippen LogP contribution in [0.15, 0.2) is 17.5 Å². The molecule has 0 aliphatic heterocycles. The molecule has 15 heavy (non-hydrogen) atoms. The Balaban J connectivity index is 2.00. The van der Waals surface area contributed by atoms with Crippen LogP contribution in [0.3, 0.4) is 0 Å². The summed E-state index contributed by atoms with van der Waals surface area (Å²) in [5, 5.41) is 2.15.